The second kappa shape index (κ2) is 6.83. The summed E-state index contributed by atoms with van der Waals surface area (Å²) in [4.78, 5) is 12.8. The van der Waals surface area contributed by atoms with E-state index in [1.807, 2.05) is 0 Å². The third kappa shape index (κ3) is 4.47. The lowest BCUT2D eigenvalue weighted by atomic mass is 9.97. The SMILES string of the molecule is COCC1CCN(CCC(N)C(=O)O)CC1. The smallest absolute Gasteiger partial charge is 0.320 e. The standard InChI is InChI=1S/C11H22N2O3/c1-16-8-9-2-5-13(6-3-9)7-4-10(12)11(14)15/h9-10H,2-8,12H2,1H3,(H,14,15). The molecule has 1 aliphatic rings. The van der Waals surface area contributed by atoms with Gasteiger partial charge in [-0.15, -0.1) is 0 Å². The lowest BCUT2D eigenvalue weighted by Gasteiger charge is -2.31. The molecule has 0 bridgehead atoms. The number of nitrogens with zero attached hydrogens (tertiary/aromatic N) is 1. The molecule has 0 aromatic carbocycles. The summed E-state index contributed by atoms with van der Waals surface area (Å²) in [6.45, 7) is 3.68. The van der Waals surface area contributed by atoms with Crippen LogP contribution in [-0.4, -0.2) is 55.4 Å². The molecular formula is C11H22N2O3. The lowest BCUT2D eigenvalue weighted by molar-refractivity contribution is -0.138. The fourth-order valence-electron chi connectivity index (χ4n) is 2.06. The van der Waals surface area contributed by atoms with E-state index < -0.39 is 12.0 Å². The first-order valence-electron chi connectivity index (χ1n) is 5.83. The van der Waals surface area contributed by atoms with Crippen LogP contribution in [-0.2, 0) is 9.53 Å². The Morgan fingerprint density at radius 1 is 1.56 bits per heavy atom. The predicted molar refractivity (Wildman–Crippen MR) is 61.3 cm³/mol. The molecule has 1 atom stereocenters. The van der Waals surface area contributed by atoms with Crippen LogP contribution in [0.3, 0.4) is 0 Å². The van der Waals surface area contributed by atoms with Crippen LogP contribution in [0.2, 0.25) is 0 Å². The van der Waals surface area contributed by atoms with Gasteiger partial charge in [-0.3, -0.25) is 4.79 Å². The van der Waals surface area contributed by atoms with Gasteiger partial charge in [-0.2, -0.15) is 0 Å². The largest absolute Gasteiger partial charge is 0.480 e. The molecule has 1 fully saturated rings. The average molecular weight is 230 g/mol. The van der Waals surface area contributed by atoms with Gasteiger partial charge < -0.3 is 20.5 Å². The minimum atomic E-state index is -0.908. The molecule has 5 nitrogen and oxygen atoms in total. The van der Waals surface area contributed by atoms with E-state index in [1.54, 1.807) is 7.11 Å². The number of aliphatic carboxylic acids is 1. The van der Waals surface area contributed by atoms with Gasteiger partial charge in [0.1, 0.15) is 6.04 Å². The summed E-state index contributed by atoms with van der Waals surface area (Å²) in [5.74, 6) is -0.247. The lowest BCUT2D eigenvalue weighted by Crippen LogP contribution is -2.39. The van der Waals surface area contributed by atoms with E-state index in [2.05, 4.69) is 4.90 Å². The van der Waals surface area contributed by atoms with E-state index >= 15 is 0 Å². The molecule has 0 radical (unpaired) electrons. The van der Waals surface area contributed by atoms with E-state index in [4.69, 9.17) is 15.6 Å². The normalized spacial score (nSPS) is 20.9. The van der Waals surface area contributed by atoms with Crippen molar-refractivity contribution < 1.29 is 14.6 Å². The van der Waals surface area contributed by atoms with E-state index in [-0.39, 0.29) is 0 Å². The molecule has 1 saturated heterocycles. The van der Waals surface area contributed by atoms with Crippen molar-refractivity contribution in [3.8, 4) is 0 Å². The monoisotopic (exact) mass is 230 g/mol. The highest BCUT2D eigenvalue weighted by atomic mass is 16.5. The molecule has 1 rings (SSSR count). The van der Waals surface area contributed by atoms with Crippen molar-refractivity contribution in [2.45, 2.75) is 25.3 Å². The Hall–Kier alpha value is -0.650. The fraction of sp³-hybridized carbons (Fsp3) is 0.909. The van der Waals surface area contributed by atoms with Crippen LogP contribution >= 0.6 is 0 Å². The first-order valence-corrected chi connectivity index (χ1v) is 5.83. The summed E-state index contributed by atoms with van der Waals surface area (Å²) in [5.41, 5.74) is 5.46. The van der Waals surface area contributed by atoms with Crippen molar-refractivity contribution in [2.75, 3.05) is 33.4 Å². The molecule has 0 saturated carbocycles. The molecule has 3 N–H and O–H groups in total. The number of carboxylic acids is 1. The summed E-state index contributed by atoms with van der Waals surface area (Å²) < 4.78 is 5.13. The Morgan fingerprint density at radius 3 is 2.69 bits per heavy atom. The number of likely N-dealkylation sites (tertiary alicyclic amines) is 1. The van der Waals surface area contributed by atoms with Gasteiger partial charge in [-0.05, 0) is 38.3 Å². The molecule has 94 valence electrons. The maximum Gasteiger partial charge on any atom is 0.320 e. The number of hydrogen-bond donors (Lipinski definition) is 2. The minimum absolute atomic E-state index is 0.532. The molecule has 0 aromatic heterocycles. The quantitative estimate of drug-likeness (QED) is 0.679. The number of methoxy groups -OCH3 is 1. The zero-order valence-electron chi connectivity index (χ0n) is 9.89. The first-order chi connectivity index (χ1) is 7.63. The van der Waals surface area contributed by atoms with Crippen LogP contribution in [0.4, 0.5) is 0 Å². The summed E-state index contributed by atoms with van der Waals surface area (Å²) in [5, 5.41) is 8.66. The Labute approximate surface area is 96.6 Å². The van der Waals surface area contributed by atoms with Gasteiger partial charge in [-0.25, -0.2) is 0 Å². The summed E-state index contributed by atoms with van der Waals surface area (Å²) in [6.07, 6.45) is 2.80. The number of hydrogen-bond acceptors (Lipinski definition) is 4. The van der Waals surface area contributed by atoms with Crippen molar-refractivity contribution >= 4 is 5.97 Å². The second-order valence-corrected chi connectivity index (χ2v) is 4.47. The predicted octanol–water partition coefficient (Wildman–Crippen LogP) is 0.147. The van der Waals surface area contributed by atoms with E-state index in [1.165, 1.54) is 0 Å². The number of ether oxygens (including phenoxy) is 1. The van der Waals surface area contributed by atoms with Crippen LogP contribution in [0.1, 0.15) is 19.3 Å². The van der Waals surface area contributed by atoms with Crippen molar-refractivity contribution in [1.82, 2.24) is 4.90 Å². The third-order valence-corrected chi connectivity index (χ3v) is 3.18. The first kappa shape index (κ1) is 13.4. The molecule has 1 unspecified atom stereocenters. The number of carboxylic acid groups (broad SMARTS) is 1. The van der Waals surface area contributed by atoms with Crippen LogP contribution in [0.25, 0.3) is 0 Å². The topological polar surface area (TPSA) is 75.8 Å². The van der Waals surface area contributed by atoms with Gasteiger partial charge in [-0.1, -0.05) is 0 Å². The molecule has 16 heavy (non-hydrogen) atoms. The molecule has 1 aliphatic heterocycles. The Morgan fingerprint density at radius 2 is 2.19 bits per heavy atom. The van der Waals surface area contributed by atoms with Crippen LogP contribution < -0.4 is 5.73 Å². The van der Waals surface area contributed by atoms with E-state index in [9.17, 15) is 4.79 Å². The number of rotatable bonds is 6. The highest BCUT2D eigenvalue weighted by molar-refractivity contribution is 5.72. The van der Waals surface area contributed by atoms with Crippen LogP contribution in [0.5, 0.6) is 0 Å². The zero-order valence-corrected chi connectivity index (χ0v) is 9.89. The molecular weight excluding hydrogens is 208 g/mol. The third-order valence-electron chi connectivity index (χ3n) is 3.18. The maximum absolute atomic E-state index is 10.5. The summed E-state index contributed by atoms with van der Waals surface area (Å²) >= 11 is 0. The fourth-order valence-corrected chi connectivity index (χ4v) is 2.06. The second-order valence-electron chi connectivity index (χ2n) is 4.47. The molecule has 0 aliphatic carbocycles. The molecule has 5 heteroatoms. The number of carbonyl (C=O) groups is 1. The van der Waals surface area contributed by atoms with Crippen LogP contribution in [0, 0.1) is 5.92 Å². The van der Waals surface area contributed by atoms with Crippen molar-refractivity contribution in [3.05, 3.63) is 0 Å². The zero-order chi connectivity index (χ0) is 12.0. The van der Waals surface area contributed by atoms with Crippen LogP contribution in [0.15, 0.2) is 0 Å². The molecule has 0 spiro atoms. The van der Waals surface area contributed by atoms with Gasteiger partial charge in [0.2, 0.25) is 0 Å². The van der Waals surface area contributed by atoms with E-state index in [0.29, 0.717) is 12.3 Å². The van der Waals surface area contributed by atoms with Gasteiger partial charge in [0.15, 0.2) is 0 Å². The van der Waals surface area contributed by atoms with Crippen molar-refractivity contribution in [1.29, 1.82) is 0 Å². The molecule has 1 heterocycles. The number of piperidine rings is 1. The summed E-state index contributed by atoms with van der Waals surface area (Å²) in [6, 6.07) is -0.725. The van der Waals surface area contributed by atoms with Gasteiger partial charge >= 0.3 is 5.97 Å². The summed E-state index contributed by atoms with van der Waals surface area (Å²) in [7, 11) is 1.73. The molecule has 0 aromatic rings. The minimum Gasteiger partial charge on any atom is -0.480 e. The molecule has 0 amide bonds. The maximum atomic E-state index is 10.5. The Balaban J connectivity index is 2.14. The number of nitrogens with two attached hydrogens (primary N) is 1. The van der Waals surface area contributed by atoms with Gasteiger partial charge in [0.25, 0.3) is 0 Å². The Bertz CT molecular complexity index is 215. The van der Waals surface area contributed by atoms with Gasteiger partial charge in [0, 0.05) is 20.3 Å². The average Bonchev–Trinajstić information content (AvgIpc) is 2.28. The van der Waals surface area contributed by atoms with Gasteiger partial charge in [0.05, 0.1) is 0 Å². The van der Waals surface area contributed by atoms with E-state index in [0.717, 1.165) is 39.1 Å². The Kier molecular flexibility index (Phi) is 5.73. The van der Waals surface area contributed by atoms with Crippen molar-refractivity contribution in [2.24, 2.45) is 11.7 Å². The highest BCUT2D eigenvalue weighted by Crippen LogP contribution is 2.17. The highest BCUT2D eigenvalue weighted by Gasteiger charge is 2.20. The van der Waals surface area contributed by atoms with Crippen molar-refractivity contribution in [3.63, 3.8) is 0 Å².